The number of ether oxygens (including phenoxy) is 11. The summed E-state index contributed by atoms with van der Waals surface area (Å²) in [5.41, 5.74) is 0. The minimum atomic E-state index is -1.59. The van der Waals surface area contributed by atoms with Gasteiger partial charge >= 0.3 is 0 Å². The van der Waals surface area contributed by atoms with Gasteiger partial charge in [0.2, 0.25) is 0 Å². The molecule has 0 saturated carbocycles. The van der Waals surface area contributed by atoms with Gasteiger partial charge in [-0.05, 0) is 27.7 Å². The summed E-state index contributed by atoms with van der Waals surface area (Å²) in [6.45, 7) is 6.40. The van der Waals surface area contributed by atoms with Crippen molar-refractivity contribution in [2.45, 2.75) is 182 Å². The molecule has 0 aromatic heterocycles. The molecule has 0 bridgehead atoms. The fourth-order valence-corrected chi connectivity index (χ4v) is 7.43. The van der Waals surface area contributed by atoms with Gasteiger partial charge in [0.05, 0.1) is 55.4 Å². The molecule has 0 aliphatic carbocycles. The smallest absolute Gasteiger partial charge is 0.187 e. The first-order valence-corrected chi connectivity index (χ1v) is 17.4. The Morgan fingerprint density at radius 3 is 1.42 bits per heavy atom. The summed E-state index contributed by atoms with van der Waals surface area (Å²) < 4.78 is 65.3. The monoisotopic (exact) mass is 728 g/mol. The van der Waals surface area contributed by atoms with Crippen molar-refractivity contribution in [3.63, 3.8) is 0 Å². The fraction of sp³-hybridized carbons (Fsp3) is 1.00. The highest BCUT2D eigenvalue weighted by Gasteiger charge is 2.50. The molecule has 5 aliphatic heterocycles. The van der Waals surface area contributed by atoms with Gasteiger partial charge in [0.15, 0.2) is 31.5 Å². The van der Waals surface area contributed by atoms with Gasteiger partial charge in [-0.3, -0.25) is 0 Å². The lowest BCUT2D eigenvalue weighted by Gasteiger charge is -2.47. The topological polar surface area (TPSA) is 243 Å². The second-order valence-electron chi connectivity index (χ2n) is 13.8. The van der Waals surface area contributed by atoms with Crippen molar-refractivity contribution in [1.82, 2.24) is 0 Å². The number of hydrogen-bond acceptors (Lipinski definition) is 18. The molecule has 0 unspecified atom stereocenters. The molecule has 5 saturated heterocycles. The van der Waals surface area contributed by atoms with Crippen molar-refractivity contribution in [3.8, 4) is 0 Å². The van der Waals surface area contributed by atoms with Gasteiger partial charge in [-0.1, -0.05) is 0 Å². The zero-order chi connectivity index (χ0) is 36.4. The molecule has 5 aliphatic rings. The Morgan fingerprint density at radius 2 is 0.940 bits per heavy atom. The van der Waals surface area contributed by atoms with E-state index in [1.54, 1.807) is 27.9 Å². The maximum Gasteiger partial charge on any atom is 0.187 e. The normalized spacial score (nSPS) is 52.1. The molecule has 18 heteroatoms. The summed E-state index contributed by atoms with van der Waals surface area (Å²) in [5, 5.41) is 71.4. The largest absolute Gasteiger partial charge is 0.394 e. The second-order valence-corrected chi connectivity index (χ2v) is 13.8. The number of hydrogen-bond donors (Lipinski definition) is 7. The van der Waals surface area contributed by atoms with Crippen LogP contribution in [0.25, 0.3) is 0 Å². The highest BCUT2D eigenvalue weighted by atomic mass is 16.8. The molecule has 0 aromatic rings. The second kappa shape index (κ2) is 17.6. The van der Waals surface area contributed by atoms with E-state index in [0.717, 1.165) is 0 Å². The number of aliphatic hydroxyl groups is 7. The van der Waals surface area contributed by atoms with Crippen LogP contribution in [-0.4, -0.2) is 186 Å². The Balaban J connectivity index is 1.13. The summed E-state index contributed by atoms with van der Waals surface area (Å²) in [4.78, 5) is 0. The molecule has 0 spiro atoms. The molecule has 50 heavy (non-hydrogen) atoms. The lowest BCUT2D eigenvalue weighted by Crippen LogP contribution is -2.62. The lowest BCUT2D eigenvalue weighted by molar-refractivity contribution is -0.358. The Kier molecular flexibility index (Phi) is 14.3. The Labute approximate surface area is 291 Å². The minimum Gasteiger partial charge on any atom is -0.394 e. The zero-order valence-electron chi connectivity index (χ0n) is 29.3. The number of rotatable bonds is 11. The van der Waals surface area contributed by atoms with Crippen LogP contribution in [0.4, 0.5) is 0 Å². The van der Waals surface area contributed by atoms with E-state index in [9.17, 15) is 35.7 Å². The molecule has 0 amide bonds. The summed E-state index contributed by atoms with van der Waals surface area (Å²) in [6.07, 6.45) is -18.2. The number of aliphatic hydroxyl groups excluding tert-OH is 7. The molecule has 0 radical (unpaired) electrons. The lowest BCUT2D eigenvalue weighted by atomic mass is 9.98. The van der Waals surface area contributed by atoms with Crippen LogP contribution >= 0.6 is 0 Å². The molecule has 21 atom stereocenters. The first kappa shape index (κ1) is 40.5. The van der Waals surface area contributed by atoms with Crippen LogP contribution in [0.1, 0.15) is 53.4 Å². The maximum atomic E-state index is 11.0. The van der Waals surface area contributed by atoms with Crippen LogP contribution < -0.4 is 0 Å². The quantitative estimate of drug-likeness (QED) is 0.117. The third-order valence-electron chi connectivity index (χ3n) is 10.2. The van der Waals surface area contributed by atoms with Crippen molar-refractivity contribution < 1.29 is 87.9 Å². The van der Waals surface area contributed by atoms with Crippen molar-refractivity contribution in [2.24, 2.45) is 0 Å². The van der Waals surface area contributed by atoms with Gasteiger partial charge in [0, 0.05) is 39.9 Å². The van der Waals surface area contributed by atoms with Crippen LogP contribution in [0.5, 0.6) is 0 Å². The highest BCUT2D eigenvalue weighted by Crippen LogP contribution is 2.35. The fourth-order valence-electron chi connectivity index (χ4n) is 7.43. The molecule has 5 heterocycles. The summed E-state index contributed by atoms with van der Waals surface area (Å²) in [5.74, 6) is 0. The Morgan fingerprint density at radius 1 is 0.500 bits per heavy atom. The highest BCUT2D eigenvalue weighted by molar-refractivity contribution is 4.93. The van der Waals surface area contributed by atoms with Crippen LogP contribution in [0, 0.1) is 0 Å². The third kappa shape index (κ3) is 9.14. The maximum absolute atomic E-state index is 11.0. The van der Waals surface area contributed by atoms with Crippen LogP contribution in [-0.2, 0) is 52.1 Å². The molecular weight excluding hydrogens is 672 g/mol. The molecular formula is C32H56O18. The first-order valence-electron chi connectivity index (χ1n) is 17.4. The first-order chi connectivity index (χ1) is 23.7. The number of methoxy groups -OCH3 is 2. The van der Waals surface area contributed by atoms with Gasteiger partial charge in [-0.15, -0.1) is 0 Å². The van der Waals surface area contributed by atoms with E-state index in [1.165, 1.54) is 7.11 Å². The summed E-state index contributed by atoms with van der Waals surface area (Å²) >= 11 is 0. The van der Waals surface area contributed by atoms with E-state index in [1.807, 2.05) is 6.92 Å². The van der Waals surface area contributed by atoms with Crippen LogP contribution in [0.15, 0.2) is 0 Å². The molecule has 292 valence electrons. The van der Waals surface area contributed by atoms with Gasteiger partial charge in [0.1, 0.15) is 48.8 Å². The van der Waals surface area contributed by atoms with Crippen molar-refractivity contribution in [3.05, 3.63) is 0 Å². The van der Waals surface area contributed by atoms with Crippen molar-refractivity contribution >= 4 is 0 Å². The average molecular weight is 729 g/mol. The predicted octanol–water partition coefficient (Wildman–Crippen LogP) is -2.39. The average Bonchev–Trinajstić information content (AvgIpc) is 3.06. The minimum absolute atomic E-state index is 0.00743. The van der Waals surface area contributed by atoms with Gasteiger partial charge in [-0.2, -0.15) is 0 Å². The van der Waals surface area contributed by atoms with Crippen molar-refractivity contribution in [1.29, 1.82) is 0 Å². The molecule has 5 fully saturated rings. The van der Waals surface area contributed by atoms with E-state index in [0.29, 0.717) is 0 Å². The van der Waals surface area contributed by atoms with Crippen LogP contribution in [0.2, 0.25) is 0 Å². The van der Waals surface area contributed by atoms with Gasteiger partial charge in [0.25, 0.3) is 0 Å². The molecule has 5 rings (SSSR count). The zero-order valence-corrected chi connectivity index (χ0v) is 29.3. The Hall–Kier alpha value is -0.720. The van der Waals surface area contributed by atoms with E-state index >= 15 is 0 Å². The van der Waals surface area contributed by atoms with Gasteiger partial charge in [-0.25, -0.2) is 0 Å². The standard InChI is InChI=1S/C32H56O18/c1-12-28(16(34)7-21(36)42-12)47-22-8-17(35)29(13(2)43-22)48-23-9-18(40-5)30(14(3)44-23)49-24-10-19(41-6)31(15(4)45-24)50-32-27(39)26(38)25(37)20(11-33)46-32/h12-39H,7-11H2,1-6H3/t12-,13-,14-,15-,16+,17+,18-,19-,20-,21-,22+,23+,24+,25-,26+,27-,28-,29-,30-,31+,32+/m1/s1. The van der Waals surface area contributed by atoms with E-state index in [4.69, 9.17) is 52.1 Å². The third-order valence-corrected chi connectivity index (χ3v) is 10.2. The van der Waals surface area contributed by atoms with Crippen molar-refractivity contribution in [2.75, 3.05) is 20.8 Å². The predicted molar refractivity (Wildman–Crippen MR) is 165 cm³/mol. The molecule has 18 nitrogen and oxygen atoms in total. The van der Waals surface area contributed by atoms with E-state index in [-0.39, 0.29) is 25.7 Å². The van der Waals surface area contributed by atoms with E-state index < -0.39 is 136 Å². The molecule has 7 N–H and O–H groups in total. The van der Waals surface area contributed by atoms with E-state index in [2.05, 4.69) is 0 Å². The van der Waals surface area contributed by atoms with Gasteiger partial charge < -0.3 is 87.9 Å². The molecule has 0 aromatic carbocycles. The SMILES string of the molecule is CO[C@@H]1C[C@H](O[C@H]2[C@@H](O)C[C@H](O[C@H]3[C@@H](O)C[C@H](O)O[C@@H]3C)O[C@@H]2C)O[C@H](C)[C@H]1O[C@H]1C[C@@H](OC)[C@@H](O[C@@H]2O[C@H](CO)[C@@H](O)[C@H](O)[C@H]2O)[C@@H](C)O1. The summed E-state index contributed by atoms with van der Waals surface area (Å²) in [7, 11) is 3.04. The summed E-state index contributed by atoms with van der Waals surface area (Å²) in [6, 6.07) is 0. The Bertz CT molecular complexity index is 1020. The van der Waals surface area contributed by atoms with Crippen LogP contribution in [0.3, 0.4) is 0 Å².